The van der Waals surface area contributed by atoms with Crippen molar-refractivity contribution < 1.29 is 18.7 Å². The maximum absolute atomic E-state index is 12.2. The highest BCUT2D eigenvalue weighted by molar-refractivity contribution is 5.89. The summed E-state index contributed by atoms with van der Waals surface area (Å²) in [6, 6.07) is 3.72. The fourth-order valence-electron chi connectivity index (χ4n) is 3.29. The Bertz CT molecular complexity index is 870. The van der Waals surface area contributed by atoms with E-state index in [2.05, 4.69) is 0 Å². The molecule has 0 saturated carbocycles. The molecule has 5 heteroatoms. The number of hydrogen-bond donors (Lipinski definition) is 0. The summed E-state index contributed by atoms with van der Waals surface area (Å²) < 4.78 is 16.6. The first kappa shape index (κ1) is 17.5. The highest BCUT2D eigenvalue weighted by Gasteiger charge is 2.22. The third-order valence-corrected chi connectivity index (χ3v) is 4.19. The van der Waals surface area contributed by atoms with E-state index in [0.717, 1.165) is 47.8 Å². The summed E-state index contributed by atoms with van der Waals surface area (Å²) in [5, 5.41) is 0.809. The van der Waals surface area contributed by atoms with Crippen molar-refractivity contribution in [1.29, 1.82) is 0 Å². The maximum Gasteiger partial charge on any atom is 0.344 e. The van der Waals surface area contributed by atoms with E-state index < -0.39 is 11.6 Å². The van der Waals surface area contributed by atoms with Crippen LogP contribution in [0.2, 0.25) is 0 Å². The van der Waals surface area contributed by atoms with Crippen LogP contribution in [0.15, 0.2) is 21.3 Å². The second-order valence-corrected chi connectivity index (χ2v) is 7.57. The molecule has 0 aliphatic heterocycles. The Labute approximate surface area is 146 Å². The third-order valence-electron chi connectivity index (χ3n) is 4.19. The lowest BCUT2D eigenvalue weighted by atomic mass is 9.90. The molecule has 0 fully saturated rings. The smallest absolute Gasteiger partial charge is 0.344 e. The lowest BCUT2D eigenvalue weighted by Gasteiger charge is -2.21. The van der Waals surface area contributed by atoms with Crippen LogP contribution in [0, 0.1) is 6.92 Å². The molecule has 0 amide bonds. The van der Waals surface area contributed by atoms with Gasteiger partial charge in [0.2, 0.25) is 0 Å². The van der Waals surface area contributed by atoms with E-state index in [-0.39, 0.29) is 12.2 Å². The molecule has 3 rings (SSSR count). The Morgan fingerprint density at radius 1 is 1.16 bits per heavy atom. The SMILES string of the molecule is Cc1cc(OCC(=O)OC(C)(C)C)c2c3c(c(=O)oc2c1)CCCC3. The van der Waals surface area contributed by atoms with Gasteiger partial charge in [-0.2, -0.15) is 0 Å². The Hall–Kier alpha value is -2.30. The minimum atomic E-state index is -0.554. The van der Waals surface area contributed by atoms with Crippen LogP contribution in [0.3, 0.4) is 0 Å². The van der Waals surface area contributed by atoms with Gasteiger partial charge in [0.25, 0.3) is 0 Å². The van der Waals surface area contributed by atoms with E-state index in [9.17, 15) is 9.59 Å². The molecule has 1 aliphatic rings. The normalized spacial score (nSPS) is 14.2. The van der Waals surface area contributed by atoms with E-state index in [4.69, 9.17) is 13.9 Å². The summed E-state index contributed by atoms with van der Waals surface area (Å²) in [5.41, 5.74) is 2.35. The largest absolute Gasteiger partial charge is 0.481 e. The zero-order valence-electron chi connectivity index (χ0n) is 15.2. The third kappa shape index (κ3) is 3.86. The number of fused-ring (bicyclic) bond motifs is 3. The number of rotatable bonds is 3. The number of hydrogen-bond acceptors (Lipinski definition) is 5. The molecule has 0 unspecified atom stereocenters. The van der Waals surface area contributed by atoms with Gasteiger partial charge in [-0.25, -0.2) is 9.59 Å². The summed E-state index contributed by atoms with van der Waals surface area (Å²) in [7, 11) is 0. The lowest BCUT2D eigenvalue weighted by molar-refractivity contribution is -0.157. The molecular weight excluding hydrogens is 320 g/mol. The van der Waals surface area contributed by atoms with Gasteiger partial charge in [0, 0.05) is 5.56 Å². The van der Waals surface area contributed by atoms with Crippen molar-refractivity contribution in [3.8, 4) is 5.75 Å². The van der Waals surface area contributed by atoms with Crippen LogP contribution in [0.1, 0.15) is 50.3 Å². The lowest BCUT2D eigenvalue weighted by Crippen LogP contribution is -2.27. The van der Waals surface area contributed by atoms with E-state index in [1.807, 2.05) is 39.8 Å². The van der Waals surface area contributed by atoms with Gasteiger partial charge in [-0.05, 0) is 76.6 Å². The standard InChI is InChI=1S/C20H24O5/c1-12-9-15(23-11-17(21)25-20(2,3)4)18-13-7-5-6-8-14(13)19(22)24-16(18)10-12/h9-10H,5-8,11H2,1-4H3. The van der Waals surface area contributed by atoms with Crippen molar-refractivity contribution in [2.45, 2.75) is 59.0 Å². The van der Waals surface area contributed by atoms with Crippen LogP contribution in [-0.4, -0.2) is 18.2 Å². The Kier molecular flexibility index (Phi) is 4.58. The molecule has 134 valence electrons. The Balaban J connectivity index is 2.00. The first-order valence-corrected chi connectivity index (χ1v) is 8.68. The minimum absolute atomic E-state index is 0.177. The fraction of sp³-hybridized carbons (Fsp3) is 0.500. The molecule has 1 aliphatic carbocycles. The monoisotopic (exact) mass is 344 g/mol. The van der Waals surface area contributed by atoms with Gasteiger partial charge in [-0.1, -0.05) is 0 Å². The summed E-state index contributed by atoms with van der Waals surface area (Å²) in [6.45, 7) is 7.18. The topological polar surface area (TPSA) is 65.7 Å². The van der Waals surface area contributed by atoms with Crippen LogP contribution in [0.4, 0.5) is 0 Å². The molecule has 1 aromatic carbocycles. The predicted octanol–water partition coefficient (Wildman–Crippen LogP) is 3.70. The molecule has 1 heterocycles. The van der Waals surface area contributed by atoms with Gasteiger partial charge in [0.15, 0.2) is 6.61 Å². The zero-order valence-corrected chi connectivity index (χ0v) is 15.2. The van der Waals surface area contributed by atoms with Crippen LogP contribution in [-0.2, 0) is 22.4 Å². The number of carbonyl (C=O) groups is 1. The number of aryl methyl sites for hydroxylation is 2. The number of ether oxygens (including phenoxy) is 2. The molecule has 25 heavy (non-hydrogen) atoms. The van der Waals surface area contributed by atoms with Gasteiger partial charge >= 0.3 is 11.6 Å². The quantitative estimate of drug-likeness (QED) is 0.627. The van der Waals surface area contributed by atoms with E-state index >= 15 is 0 Å². The fourth-order valence-corrected chi connectivity index (χ4v) is 3.29. The van der Waals surface area contributed by atoms with Gasteiger partial charge in [0.05, 0.1) is 5.39 Å². The van der Waals surface area contributed by atoms with Gasteiger partial charge in [-0.3, -0.25) is 0 Å². The number of carbonyl (C=O) groups excluding carboxylic acids is 1. The Morgan fingerprint density at radius 2 is 1.84 bits per heavy atom. The average molecular weight is 344 g/mol. The maximum atomic E-state index is 12.2. The molecule has 0 atom stereocenters. The number of benzene rings is 1. The molecule has 0 bridgehead atoms. The molecule has 2 aromatic rings. The van der Waals surface area contributed by atoms with Crippen molar-refractivity contribution >= 4 is 16.9 Å². The summed E-state index contributed by atoms with van der Waals surface area (Å²) in [4.78, 5) is 24.2. The predicted molar refractivity (Wildman–Crippen MR) is 95.2 cm³/mol. The molecule has 0 N–H and O–H groups in total. The molecule has 0 saturated heterocycles. The van der Waals surface area contributed by atoms with Crippen LogP contribution < -0.4 is 10.4 Å². The van der Waals surface area contributed by atoms with Crippen molar-refractivity contribution in [3.63, 3.8) is 0 Å². The summed E-state index contributed by atoms with van der Waals surface area (Å²) in [6.07, 6.45) is 3.57. The van der Waals surface area contributed by atoms with E-state index in [1.54, 1.807) is 0 Å². The van der Waals surface area contributed by atoms with Crippen molar-refractivity contribution in [1.82, 2.24) is 0 Å². The molecule has 5 nitrogen and oxygen atoms in total. The highest BCUT2D eigenvalue weighted by Crippen LogP contribution is 2.34. The molecule has 0 spiro atoms. The van der Waals surface area contributed by atoms with Crippen molar-refractivity contribution in [2.24, 2.45) is 0 Å². The van der Waals surface area contributed by atoms with Crippen LogP contribution in [0.5, 0.6) is 5.75 Å². The molecular formula is C20H24O5. The van der Waals surface area contributed by atoms with E-state index in [1.165, 1.54) is 0 Å². The van der Waals surface area contributed by atoms with Crippen LogP contribution >= 0.6 is 0 Å². The highest BCUT2D eigenvalue weighted by atomic mass is 16.6. The van der Waals surface area contributed by atoms with Crippen molar-refractivity contribution in [3.05, 3.63) is 39.2 Å². The first-order chi connectivity index (χ1) is 11.7. The minimum Gasteiger partial charge on any atom is -0.481 e. The van der Waals surface area contributed by atoms with Crippen LogP contribution in [0.25, 0.3) is 11.0 Å². The summed E-state index contributed by atoms with van der Waals surface area (Å²) in [5.74, 6) is 0.149. The van der Waals surface area contributed by atoms with E-state index in [0.29, 0.717) is 11.3 Å². The van der Waals surface area contributed by atoms with Gasteiger partial charge in [-0.15, -0.1) is 0 Å². The van der Waals surface area contributed by atoms with Crippen molar-refractivity contribution in [2.75, 3.05) is 6.61 Å². The summed E-state index contributed by atoms with van der Waals surface area (Å²) >= 11 is 0. The van der Waals surface area contributed by atoms with Gasteiger partial charge in [0.1, 0.15) is 16.9 Å². The second kappa shape index (κ2) is 6.54. The first-order valence-electron chi connectivity index (χ1n) is 8.68. The zero-order chi connectivity index (χ0) is 18.2. The number of esters is 1. The molecule has 1 aromatic heterocycles. The van der Waals surface area contributed by atoms with Gasteiger partial charge < -0.3 is 13.9 Å². The molecule has 0 radical (unpaired) electrons. The average Bonchev–Trinajstić information content (AvgIpc) is 2.50. The second-order valence-electron chi connectivity index (χ2n) is 7.57. The Morgan fingerprint density at radius 3 is 2.52 bits per heavy atom.